The quantitative estimate of drug-likeness (QED) is 0.322. The summed E-state index contributed by atoms with van der Waals surface area (Å²) in [5, 5.41) is 13.9. The van der Waals surface area contributed by atoms with Crippen LogP contribution in [-0.4, -0.2) is 61.1 Å². The average Bonchev–Trinajstić information content (AvgIpc) is 2.71. The number of rotatable bonds is 8. The van der Waals surface area contributed by atoms with Crippen molar-refractivity contribution in [2.75, 3.05) is 32.5 Å². The molecule has 0 aliphatic rings. The molecule has 0 unspecified atom stereocenters. The van der Waals surface area contributed by atoms with Crippen molar-refractivity contribution in [3.63, 3.8) is 0 Å². The maximum Gasteiger partial charge on any atom is 0.267 e. The minimum atomic E-state index is -1.03. The van der Waals surface area contributed by atoms with E-state index in [1.54, 1.807) is 29.2 Å². The van der Waals surface area contributed by atoms with Gasteiger partial charge >= 0.3 is 0 Å². The van der Waals surface area contributed by atoms with Crippen LogP contribution < -0.4 is 21.8 Å². The van der Waals surface area contributed by atoms with E-state index in [9.17, 15) is 14.4 Å². The van der Waals surface area contributed by atoms with Crippen molar-refractivity contribution < 1.29 is 19.6 Å². The highest BCUT2D eigenvalue weighted by Gasteiger charge is 2.19. The van der Waals surface area contributed by atoms with Crippen LogP contribution in [-0.2, 0) is 9.59 Å². The minimum Gasteiger partial charge on any atom is -0.339 e. The van der Waals surface area contributed by atoms with Crippen LogP contribution in [0.2, 0.25) is 0 Å². The monoisotopic (exact) mass is 399 g/mol. The van der Waals surface area contributed by atoms with Gasteiger partial charge in [0.1, 0.15) is 6.04 Å². The maximum absolute atomic E-state index is 12.2. The molecule has 0 saturated heterocycles. The number of amides is 3. The molecule has 0 aliphatic heterocycles. The number of hydrogen-bond donors (Lipinski definition) is 5. The Kier molecular flexibility index (Phi) is 7.84. The van der Waals surface area contributed by atoms with Gasteiger partial charge in [-0.3, -0.25) is 19.6 Å². The molecule has 2 rings (SSSR count). The first-order chi connectivity index (χ1) is 13.8. The molecular weight excluding hydrogens is 374 g/mol. The van der Waals surface area contributed by atoms with E-state index in [1.165, 1.54) is 5.48 Å². The highest BCUT2D eigenvalue weighted by Crippen LogP contribution is 2.22. The summed E-state index contributed by atoms with van der Waals surface area (Å²) in [6.07, 6.45) is 0. The predicted molar refractivity (Wildman–Crippen MR) is 109 cm³/mol. The number of hydroxylamine groups is 1. The van der Waals surface area contributed by atoms with Gasteiger partial charge in [-0.1, -0.05) is 24.3 Å². The van der Waals surface area contributed by atoms with Crippen LogP contribution in [0.25, 0.3) is 11.1 Å². The number of benzene rings is 2. The Balaban J connectivity index is 2.03. The lowest BCUT2D eigenvalue weighted by Crippen LogP contribution is -2.50. The van der Waals surface area contributed by atoms with Gasteiger partial charge in [-0.25, -0.2) is 5.48 Å². The van der Waals surface area contributed by atoms with Gasteiger partial charge in [-0.05, 0) is 49.5 Å². The molecule has 2 aromatic rings. The summed E-state index contributed by atoms with van der Waals surface area (Å²) in [7, 11) is 3.65. The predicted octanol–water partition coefficient (Wildman–Crippen LogP) is 0.416. The smallest absolute Gasteiger partial charge is 0.267 e. The number of anilines is 1. The van der Waals surface area contributed by atoms with Crippen LogP contribution in [0.15, 0.2) is 48.5 Å². The molecule has 0 bridgehead atoms. The number of nitrogens with zero attached hydrogens (tertiary/aromatic N) is 1. The van der Waals surface area contributed by atoms with Crippen molar-refractivity contribution in [3.05, 3.63) is 54.1 Å². The molecule has 0 aliphatic carbocycles. The van der Waals surface area contributed by atoms with Crippen molar-refractivity contribution in [1.82, 2.24) is 15.7 Å². The van der Waals surface area contributed by atoms with E-state index in [0.717, 1.165) is 11.1 Å². The standard InChI is InChI=1S/C20H25N5O4/c1-25(2)12-18(26)22-16-9-7-14(8-10-16)13-3-5-15(6-4-13)19(27)23-17(11-21)20(28)24-29/h3-10,17,29H,11-12,21H2,1-2H3,(H,22,26)(H,23,27)(H,24,28)/t17-/m0/s1. The third-order valence-corrected chi connectivity index (χ3v) is 4.08. The van der Waals surface area contributed by atoms with Gasteiger partial charge in [-0.15, -0.1) is 0 Å². The Morgan fingerprint density at radius 2 is 1.55 bits per heavy atom. The second-order valence-electron chi connectivity index (χ2n) is 6.68. The van der Waals surface area contributed by atoms with Crippen molar-refractivity contribution in [3.8, 4) is 11.1 Å². The lowest BCUT2D eigenvalue weighted by Gasteiger charge is -2.14. The fourth-order valence-electron chi connectivity index (χ4n) is 2.60. The van der Waals surface area contributed by atoms with Gasteiger partial charge in [0.15, 0.2) is 0 Å². The molecule has 2 aromatic carbocycles. The van der Waals surface area contributed by atoms with E-state index in [0.29, 0.717) is 17.8 Å². The number of nitrogens with two attached hydrogens (primary N) is 1. The molecule has 0 radical (unpaired) electrons. The highest BCUT2D eigenvalue weighted by atomic mass is 16.5. The largest absolute Gasteiger partial charge is 0.339 e. The number of nitrogens with one attached hydrogen (secondary N) is 3. The van der Waals surface area contributed by atoms with Crippen LogP contribution in [0.1, 0.15) is 10.4 Å². The van der Waals surface area contributed by atoms with E-state index in [4.69, 9.17) is 10.9 Å². The Morgan fingerprint density at radius 1 is 1.00 bits per heavy atom. The van der Waals surface area contributed by atoms with Crippen LogP contribution in [0.4, 0.5) is 5.69 Å². The molecule has 1 atom stereocenters. The molecule has 6 N–H and O–H groups in total. The Hall–Kier alpha value is -3.27. The zero-order valence-electron chi connectivity index (χ0n) is 16.3. The Labute approximate surface area is 168 Å². The van der Waals surface area contributed by atoms with Gasteiger partial charge in [-0.2, -0.15) is 0 Å². The fraction of sp³-hybridized carbons (Fsp3) is 0.250. The first-order valence-corrected chi connectivity index (χ1v) is 8.94. The zero-order chi connectivity index (χ0) is 21.4. The lowest BCUT2D eigenvalue weighted by molar-refractivity contribution is -0.130. The van der Waals surface area contributed by atoms with Gasteiger partial charge in [0, 0.05) is 17.8 Å². The highest BCUT2D eigenvalue weighted by molar-refractivity contribution is 5.98. The average molecular weight is 399 g/mol. The van der Waals surface area contributed by atoms with Crippen LogP contribution in [0, 0.1) is 0 Å². The summed E-state index contributed by atoms with van der Waals surface area (Å²) < 4.78 is 0. The Bertz CT molecular complexity index is 850. The van der Waals surface area contributed by atoms with E-state index in [-0.39, 0.29) is 12.5 Å². The molecule has 0 spiro atoms. The molecule has 0 fully saturated rings. The Morgan fingerprint density at radius 3 is 2.03 bits per heavy atom. The number of likely N-dealkylation sites (N-methyl/N-ethyl adjacent to an activating group) is 1. The first kappa shape index (κ1) is 22.0. The third-order valence-electron chi connectivity index (χ3n) is 4.08. The summed E-state index contributed by atoms with van der Waals surface area (Å²) in [6.45, 7) is 0.157. The minimum absolute atomic E-state index is 0.0937. The molecule has 0 aromatic heterocycles. The second-order valence-corrected chi connectivity index (χ2v) is 6.68. The van der Waals surface area contributed by atoms with E-state index in [1.807, 2.05) is 38.4 Å². The summed E-state index contributed by atoms with van der Waals surface area (Å²) >= 11 is 0. The number of hydrogen-bond acceptors (Lipinski definition) is 6. The van der Waals surface area contributed by atoms with Crippen LogP contribution in [0.3, 0.4) is 0 Å². The van der Waals surface area contributed by atoms with E-state index < -0.39 is 17.9 Å². The topological polar surface area (TPSA) is 137 Å². The van der Waals surface area contributed by atoms with Gasteiger partial charge in [0.05, 0.1) is 6.54 Å². The zero-order valence-corrected chi connectivity index (χ0v) is 16.3. The van der Waals surface area contributed by atoms with Crippen molar-refractivity contribution in [1.29, 1.82) is 0 Å². The lowest BCUT2D eigenvalue weighted by atomic mass is 10.0. The molecule has 0 saturated carbocycles. The summed E-state index contributed by atoms with van der Waals surface area (Å²) in [5.74, 6) is -1.35. The summed E-state index contributed by atoms with van der Waals surface area (Å²) in [6, 6.07) is 13.1. The summed E-state index contributed by atoms with van der Waals surface area (Å²) in [5.41, 5.74) is 9.75. The fourth-order valence-corrected chi connectivity index (χ4v) is 2.60. The molecule has 29 heavy (non-hydrogen) atoms. The second kappa shape index (κ2) is 10.3. The maximum atomic E-state index is 12.2. The molecule has 9 heteroatoms. The SMILES string of the molecule is CN(C)CC(=O)Nc1ccc(-c2ccc(C(=O)N[C@@H](CN)C(=O)NO)cc2)cc1. The molecule has 9 nitrogen and oxygen atoms in total. The van der Waals surface area contributed by atoms with Gasteiger partial charge in [0.25, 0.3) is 11.8 Å². The van der Waals surface area contributed by atoms with E-state index in [2.05, 4.69) is 10.6 Å². The van der Waals surface area contributed by atoms with Crippen molar-refractivity contribution in [2.24, 2.45) is 5.73 Å². The normalized spacial score (nSPS) is 11.6. The molecule has 154 valence electrons. The molecule has 0 heterocycles. The van der Waals surface area contributed by atoms with Crippen LogP contribution in [0.5, 0.6) is 0 Å². The molecular formula is C20H25N5O4. The van der Waals surface area contributed by atoms with Gasteiger partial charge < -0.3 is 21.3 Å². The van der Waals surface area contributed by atoms with Crippen molar-refractivity contribution >= 4 is 23.4 Å². The first-order valence-electron chi connectivity index (χ1n) is 8.94. The van der Waals surface area contributed by atoms with E-state index >= 15 is 0 Å². The van der Waals surface area contributed by atoms with Gasteiger partial charge in [0.2, 0.25) is 5.91 Å². The summed E-state index contributed by atoms with van der Waals surface area (Å²) in [4.78, 5) is 37.2. The number of carbonyl (C=O) groups excluding carboxylic acids is 3. The number of carbonyl (C=O) groups is 3. The third kappa shape index (κ3) is 6.39. The van der Waals surface area contributed by atoms with Crippen LogP contribution >= 0.6 is 0 Å². The molecule has 3 amide bonds. The van der Waals surface area contributed by atoms with Crippen molar-refractivity contribution in [2.45, 2.75) is 6.04 Å².